The highest BCUT2D eigenvalue weighted by Crippen LogP contribution is 2.03. The molecule has 0 aromatic heterocycles. The highest BCUT2D eigenvalue weighted by atomic mass is 14.9. The standard InChI is InChI=1S/C9H10N2.C6H7N.C3H3N/c10-7-4-8-11-9-5-2-1-3-6-9;7-6-4-2-1-3-5-6;1-2-3-4/h1-3,5-6,11H,4,8H2;1-5H,7H2;2H,1H2. The first kappa shape index (κ1) is 18.8. The van der Waals surface area contributed by atoms with E-state index in [0.717, 1.165) is 17.9 Å². The molecule has 0 saturated carbocycles. The van der Waals surface area contributed by atoms with Gasteiger partial charge in [-0.1, -0.05) is 43.0 Å². The summed E-state index contributed by atoms with van der Waals surface area (Å²) in [5, 5.41) is 18.9. The van der Waals surface area contributed by atoms with Gasteiger partial charge in [0, 0.05) is 24.0 Å². The molecule has 0 heterocycles. The Morgan fingerprint density at radius 1 is 1.00 bits per heavy atom. The van der Waals surface area contributed by atoms with Crippen LogP contribution in [0.15, 0.2) is 73.3 Å². The molecule has 22 heavy (non-hydrogen) atoms. The van der Waals surface area contributed by atoms with E-state index >= 15 is 0 Å². The third-order valence-corrected chi connectivity index (χ3v) is 2.23. The normalized spacial score (nSPS) is 7.73. The number of nitriles is 2. The number of nitrogens with zero attached hydrogens (tertiary/aromatic N) is 2. The average Bonchev–Trinajstić information content (AvgIpc) is 2.58. The maximum atomic E-state index is 8.25. The van der Waals surface area contributed by atoms with Crippen LogP contribution in [-0.4, -0.2) is 6.54 Å². The molecule has 3 N–H and O–H groups in total. The highest BCUT2D eigenvalue weighted by Gasteiger charge is 1.86. The van der Waals surface area contributed by atoms with E-state index in [1.807, 2.05) is 60.7 Å². The lowest BCUT2D eigenvalue weighted by Gasteiger charge is -2.01. The van der Waals surface area contributed by atoms with Crippen molar-refractivity contribution in [2.75, 3.05) is 17.6 Å². The number of rotatable bonds is 3. The maximum absolute atomic E-state index is 8.25. The molecule has 0 fully saturated rings. The Morgan fingerprint density at radius 2 is 1.50 bits per heavy atom. The molecular formula is C18H20N4. The van der Waals surface area contributed by atoms with E-state index in [-0.39, 0.29) is 0 Å². The summed E-state index contributed by atoms with van der Waals surface area (Å²) in [7, 11) is 0. The van der Waals surface area contributed by atoms with Gasteiger partial charge in [-0.3, -0.25) is 0 Å². The average molecular weight is 292 g/mol. The maximum Gasteiger partial charge on any atom is 0.0905 e. The van der Waals surface area contributed by atoms with Crippen LogP contribution in [0, 0.1) is 22.7 Å². The third-order valence-electron chi connectivity index (χ3n) is 2.23. The first-order valence-corrected chi connectivity index (χ1v) is 6.71. The zero-order chi connectivity index (χ0) is 16.5. The topological polar surface area (TPSA) is 85.6 Å². The fourth-order valence-electron chi connectivity index (χ4n) is 1.27. The second-order valence-corrected chi connectivity index (χ2v) is 3.94. The fourth-order valence-corrected chi connectivity index (χ4v) is 1.27. The summed E-state index contributed by atoms with van der Waals surface area (Å²) >= 11 is 0. The Morgan fingerprint density at radius 3 is 1.86 bits per heavy atom. The summed E-state index contributed by atoms with van der Waals surface area (Å²) in [6, 6.07) is 23.1. The molecule has 2 rings (SSSR count). The largest absolute Gasteiger partial charge is 0.399 e. The minimum Gasteiger partial charge on any atom is -0.399 e. The monoisotopic (exact) mass is 292 g/mol. The molecule has 2 aromatic carbocycles. The van der Waals surface area contributed by atoms with Gasteiger partial charge < -0.3 is 11.1 Å². The Labute approximate surface area is 132 Å². The lowest BCUT2D eigenvalue weighted by atomic mass is 10.3. The Bertz CT molecular complexity index is 580. The second kappa shape index (κ2) is 14.2. The molecule has 0 atom stereocenters. The molecule has 0 aliphatic heterocycles. The van der Waals surface area contributed by atoms with E-state index in [1.54, 1.807) is 6.07 Å². The van der Waals surface area contributed by atoms with Gasteiger partial charge in [0.25, 0.3) is 0 Å². The van der Waals surface area contributed by atoms with E-state index in [1.165, 1.54) is 6.08 Å². The second-order valence-electron chi connectivity index (χ2n) is 3.94. The van der Waals surface area contributed by atoms with Crippen molar-refractivity contribution in [1.82, 2.24) is 0 Å². The van der Waals surface area contributed by atoms with Crippen molar-refractivity contribution in [3.63, 3.8) is 0 Å². The van der Waals surface area contributed by atoms with Crippen molar-refractivity contribution < 1.29 is 0 Å². The van der Waals surface area contributed by atoms with E-state index < -0.39 is 0 Å². The summed E-state index contributed by atoms with van der Waals surface area (Å²) in [4.78, 5) is 0. The number of allylic oxidation sites excluding steroid dienone is 1. The van der Waals surface area contributed by atoms with Crippen molar-refractivity contribution in [3.05, 3.63) is 73.3 Å². The van der Waals surface area contributed by atoms with Gasteiger partial charge in [0.15, 0.2) is 0 Å². The molecule has 0 radical (unpaired) electrons. The Kier molecular flexibility index (Phi) is 12.1. The van der Waals surface area contributed by atoms with E-state index in [2.05, 4.69) is 18.0 Å². The summed E-state index contributed by atoms with van der Waals surface area (Å²) in [5.41, 5.74) is 7.25. The van der Waals surface area contributed by atoms with E-state index in [9.17, 15) is 0 Å². The molecule has 0 unspecified atom stereocenters. The minimum atomic E-state index is 0.550. The van der Waals surface area contributed by atoms with Gasteiger partial charge in [-0.2, -0.15) is 10.5 Å². The molecule has 0 aliphatic rings. The van der Waals surface area contributed by atoms with Crippen LogP contribution in [0.4, 0.5) is 11.4 Å². The number of hydrogen-bond donors (Lipinski definition) is 2. The van der Waals surface area contributed by atoms with Crippen LogP contribution < -0.4 is 11.1 Å². The van der Waals surface area contributed by atoms with E-state index in [4.69, 9.17) is 16.3 Å². The van der Waals surface area contributed by atoms with Gasteiger partial charge in [-0.25, -0.2) is 0 Å². The van der Waals surface area contributed by atoms with Crippen molar-refractivity contribution in [1.29, 1.82) is 10.5 Å². The Hall–Kier alpha value is -3.24. The Balaban J connectivity index is 0.000000343. The number of hydrogen-bond acceptors (Lipinski definition) is 4. The van der Waals surface area contributed by atoms with Gasteiger partial charge in [0.05, 0.1) is 18.6 Å². The summed E-state index contributed by atoms with van der Waals surface area (Å²) in [6.45, 7) is 3.84. The van der Waals surface area contributed by atoms with Gasteiger partial charge in [-0.15, -0.1) is 0 Å². The van der Waals surface area contributed by atoms with Crippen LogP contribution in [0.25, 0.3) is 0 Å². The SMILES string of the molecule is C=CC#N.N#CCCNc1ccccc1.Nc1ccccc1. The molecular weight excluding hydrogens is 272 g/mol. The number of anilines is 2. The van der Waals surface area contributed by atoms with Crippen LogP contribution in [0.3, 0.4) is 0 Å². The van der Waals surface area contributed by atoms with E-state index in [0.29, 0.717) is 6.42 Å². The predicted molar refractivity (Wildman–Crippen MR) is 91.8 cm³/mol. The smallest absolute Gasteiger partial charge is 0.0905 e. The first-order chi connectivity index (χ1) is 10.7. The molecule has 0 bridgehead atoms. The summed E-state index contributed by atoms with van der Waals surface area (Å²) < 4.78 is 0. The third kappa shape index (κ3) is 11.8. The number of benzene rings is 2. The number of nitrogen functional groups attached to an aromatic ring is 1. The first-order valence-electron chi connectivity index (χ1n) is 6.71. The molecule has 0 aliphatic carbocycles. The zero-order valence-corrected chi connectivity index (χ0v) is 12.4. The molecule has 0 saturated heterocycles. The van der Waals surface area contributed by atoms with Crippen LogP contribution in [0.1, 0.15) is 6.42 Å². The quantitative estimate of drug-likeness (QED) is 0.509. The number of para-hydroxylation sites is 2. The lowest BCUT2D eigenvalue weighted by Crippen LogP contribution is -1.99. The zero-order valence-electron chi connectivity index (χ0n) is 12.4. The number of nitrogens with two attached hydrogens (primary N) is 1. The van der Waals surface area contributed by atoms with Crippen LogP contribution in [0.2, 0.25) is 0 Å². The molecule has 0 amide bonds. The summed E-state index contributed by atoms with van der Waals surface area (Å²) in [5.74, 6) is 0. The van der Waals surface area contributed by atoms with Gasteiger partial charge >= 0.3 is 0 Å². The van der Waals surface area contributed by atoms with Crippen molar-refractivity contribution >= 4 is 11.4 Å². The van der Waals surface area contributed by atoms with Crippen LogP contribution in [-0.2, 0) is 0 Å². The highest BCUT2D eigenvalue weighted by molar-refractivity contribution is 5.42. The molecule has 0 spiro atoms. The van der Waals surface area contributed by atoms with Crippen molar-refractivity contribution in [3.8, 4) is 12.1 Å². The van der Waals surface area contributed by atoms with Gasteiger partial charge in [0.2, 0.25) is 0 Å². The van der Waals surface area contributed by atoms with Crippen molar-refractivity contribution in [2.45, 2.75) is 6.42 Å². The summed E-state index contributed by atoms with van der Waals surface area (Å²) in [6.07, 6.45) is 1.73. The lowest BCUT2D eigenvalue weighted by molar-refractivity contribution is 1.08. The molecule has 4 heteroatoms. The molecule has 2 aromatic rings. The predicted octanol–water partition coefficient (Wildman–Crippen LogP) is 3.98. The molecule has 112 valence electrons. The minimum absolute atomic E-state index is 0.550. The van der Waals surface area contributed by atoms with Crippen molar-refractivity contribution in [2.24, 2.45) is 0 Å². The molecule has 4 nitrogen and oxygen atoms in total. The fraction of sp³-hybridized carbons (Fsp3) is 0.111. The van der Waals surface area contributed by atoms with Gasteiger partial charge in [-0.05, 0) is 24.3 Å². The number of nitrogens with one attached hydrogen (secondary N) is 1. The van der Waals surface area contributed by atoms with Crippen LogP contribution >= 0.6 is 0 Å². The van der Waals surface area contributed by atoms with Crippen LogP contribution in [0.5, 0.6) is 0 Å². The van der Waals surface area contributed by atoms with Gasteiger partial charge in [0.1, 0.15) is 0 Å².